The van der Waals surface area contributed by atoms with Crippen molar-refractivity contribution < 1.29 is 18.7 Å². The normalized spacial score (nSPS) is 12.2. The number of amides is 1. The Bertz CT molecular complexity index is 966. The number of carbonyl (C=O) groups excluding carboxylic acids is 1. The van der Waals surface area contributed by atoms with Gasteiger partial charge in [0.2, 0.25) is 0 Å². The van der Waals surface area contributed by atoms with Crippen molar-refractivity contribution in [2.75, 3.05) is 18.1 Å². The number of anilines is 2. The Morgan fingerprint density at radius 3 is 2.74 bits per heavy atom. The Morgan fingerprint density at radius 1 is 1.26 bits per heavy atom. The molecule has 7 heteroatoms. The molecule has 1 amide bonds. The summed E-state index contributed by atoms with van der Waals surface area (Å²) < 4.78 is 26.7. The first kappa shape index (κ1) is 19.4. The predicted molar refractivity (Wildman–Crippen MR) is 109 cm³/mol. The van der Waals surface area contributed by atoms with Gasteiger partial charge in [-0.3, -0.25) is 9.69 Å². The predicted octanol–water partition coefficient (Wildman–Crippen LogP) is 4.29. The lowest BCUT2D eigenvalue weighted by Crippen LogP contribution is -2.28. The molecule has 0 saturated heterocycles. The number of carbonyl (C=O) groups is 1. The van der Waals surface area contributed by atoms with Gasteiger partial charge < -0.3 is 9.47 Å². The van der Waals surface area contributed by atoms with Gasteiger partial charge in [0.25, 0.3) is 5.88 Å². The van der Waals surface area contributed by atoms with Gasteiger partial charge in [-0.2, -0.15) is 4.98 Å². The molecule has 0 fully saturated rings. The van der Waals surface area contributed by atoms with E-state index in [0.717, 1.165) is 14.7 Å². The first-order chi connectivity index (χ1) is 12.9. The second kappa shape index (κ2) is 8.13. The van der Waals surface area contributed by atoms with Crippen LogP contribution in [0.3, 0.4) is 0 Å². The molecule has 0 N–H and O–H groups in total. The highest BCUT2D eigenvalue weighted by atomic mass is 127. The third kappa shape index (κ3) is 4.00. The number of hydrogen-bond acceptors (Lipinski definition) is 4. The lowest BCUT2D eigenvalue weighted by atomic mass is 10.1. The Labute approximate surface area is 171 Å². The van der Waals surface area contributed by atoms with Crippen molar-refractivity contribution in [1.29, 1.82) is 0 Å². The van der Waals surface area contributed by atoms with E-state index in [-0.39, 0.29) is 17.4 Å². The smallest absolute Gasteiger partial charge is 0.308 e. The molecule has 1 aromatic heterocycles. The Balaban J connectivity index is 2.20. The molecule has 0 unspecified atom stereocenters. The highest BCUT2D eigenvalue weighted by Crippen LogP contribution is 2.37. The van der Waals surface area contributed by atoms with E-state index >= 15 is 0 Å². The molecule has 0 aliphatic carbocycles. The maximum atomic E-state index is 14.9. The molecule has 1 aliphatic heterocycles. The van der Waals surface area contributed by atoms with Crippen LogP contribution in [0.15, 0.2) is 18.2 Å². The van der Waals surface area contributed by atoms with Crippen molar-refractivity contribution in [3.8, 4) is 23.5 Å². The summed E-state index contributed by atoms with van der Waals surface area (Å²) in [6, 6.07) is 4.97. The number of aryl methyl sites for hydroxylation is 2. The van der Waals surface area contributed by atoms with Crippen LogP contribution in [-0.2, 0) is 4.79 Å². The second-order valence-electron chi connectivity index (χ2n) is 5.98. The van der Waals surface area contributed by atoms with Gasteiger partial charge in [-0.25, -0.2) is 4.39 Å². The molecule has 0 saturated carbocycles. The zero-order chi connectivity index (χ0) is 19.6. The number of benzene rings is 1. The average molecular weight is 480 g/mol. The maximum absolute atomic E-state index is 14.9. The highest BCUT2D eigenvalue weighted by molar-refractivity contribution is 14.1. The van der Waals surface area contributed by atoms with E-state index in [1.165, 1.54) is 11.0 Å². The fraction of sp³-hybridized carbons (Fsp3) is 0.300. The second-order valence-corrected chi connectivity index (χ2v) is 7.14. The van der Waals surface area contributed by atoms with Gasteiger partial charge in [0.1, 0.15) is 13.2 Å². The first-order valence-electron chi connectivity index (χ1n) is 8.48. The SMILES string of the molecule is CCC#CC(=O)N(c1cc(C)c(I)cc1C)c1nc2c(cc1F)OCCO2. The van der Waals surface area contributed by atoms with Gasteiger partial charge >= 0.3 is 5.91 Å². The van der Waals surface area contributed by atoms with Crippen molar-refractivity contribution in [3.63, 3.8) is 0 Å². The third-order valence-electron chi connectivity index (χ3n) is 3.97. The van der Waals surface area contributed by atoms with Crippen molar-refractivity contribution in [3.05, 3.63) is 38.7 Å². The molecule has 3 rings (SSSR count). The summed E-state index contributed by atoms with van der Waals surface area (Å²) in [5, 5.41) is 0. The lowest BCUT2D eigenvalue weighted by molar-refractivity contribution is -0.112. The van der Waals surface area contributed by atoms with E-state index in [1.807, 2.05) is 32.9 Å². The van der Waals surface area contributed by atoms with Crippen LogP contribution < -0.4 is 14.4 Å². The van der Waals surface area contributed by atoms with E-state index < -0.39 is 11.7 Å². The van der Waals surface area contributed by atoms with Gasteiger partial charge in [-0.1, -0.05) is 12.8 Å². The zero-order valence-corrected chi connectivity index (χ0v) is 17.4. The number of halogens is 2. The summed E-state index contributed by atoms with van der Waals surface area (Å²) in [7, 11) is 0. The monoisotopic (exact) mass is 480 g/mol. The molecule has 5 nitrogen and oxygen atoms in total. The Hall–Kier alpha value is -2.34. The molecule has 2 aromatic rings. The van der Waals surface area contributed by atoms with Crippen LogP contribution in [0.5, 0.6) is 11.6 Å². The van der Waals surface area contributed by atoms with Crippen LogP contribution in [0.1, 0.15) is 24.5 Å². The summed E-state index contributed by atoms with van der Waals surface area (Å²) in [6.07, 6.45) is 0.515. The molecule has 1 aromatic carbocycles. The molecule has 0 atom stereocenters. The molecule has 0 spiro atoms. The van der Waals surface area contributed by atoms with Crippen molar-refractivity contribution in [2.24, 2.45) is 0 Å². The summed E-state index contributed by atoms with van der Waals surface area (Å²) >= 11 is 2.22. The number of aromatic nitrogens is 1. The van der Waals surface area contributed by atoms with Crippen LogP contribution in [0.2, 0.25) is 0 Å². The number of fused-ring (bicyclic) bond motifs is 1. The topological polar surface area (TPSA) is 51.7 Å². The summed E-state index contributed by atoms with van der Waals surface area (Å²) in [5.74, 6) is 4.31. The van der Waals surface area contributed by atoms with Crippen molar-refractivity contribution >= 4 is 40.0 Å². The van der Waals surface area contributed by atoms with Gasteiger partial charge in [0.05, 0.1) is 5.69 Å². The fourth-order valence-corrected chi connectivity index (χ4v) is 3.27. The van der Waals surface area contributed by atoms with E-state index in [1.54, 1.807) is 0 Å². The number of nitrogens with zero attached hydrogens (tertiary/aromatic N) is 2. The van der Waals surface area contributed by atoms with Crippen LogP contribution in [0.4, 0.5) is 15.9 Å². The van der Waals surface area contributed by atoms with Gasteiger partial charge in [0.15, 0.2) is 17.4 Å². The zero-order valence-electron chi connectivity index (χ0n) is 15.2. The summed E-state index contributed by atoms with van der Waals surface area (Å²) in [5.41, 5.74) is 2.31. The molecule has 0 radical (unpaired) electrons. The van der Waals surface area contributed by atoms with Crippen LogP contribution in [0.25, 0.3) is 0 Å². The number of hydrogen-bond donors (Lipinski definition) is 0. The van der Waals surface area contributed by atoms with Crippen LogP contribution >= 0.6 is 22.6 Å². The van der Waals surface area contributed by atoms with Gasteiger partial charge in [0, 0.05) is 16.1 Å². The van der Waals surface area contributed by atoms with E-state index in [4.69, 9.17) is 9.47 Å². The minimum atomic E-state index is -0.679. The molecular weight excluding hydrogens is 462 g/mol. The standard InChI is InChI=1S/C20H18FIN2O3/c1-4-5-6-18(25)24(16-10-12(2)15(22)9-13(16)3)19-14(21)11-17-20(23-19)27-8-7-26-17/h9-11H,4,7-8H2,1-3H3. The number of ether oxygens (including phenoxy) is 2. The molecule has 2 heterocycles. The molecular formula is C20H18FIN2O3. The van der Waals surface area contributed by atoms with E-state index in [0.29, 0.717) is 25.3 Å². The third-order valence-corrected chi connectivity index (χ3v) is 5.14. The fourth-order valence-electron chi connectivity index (χ4n) is 2.65. The van der Waals surface area contributed by atoms with Crippen molar-refractivity contribution in [2.45, 2.75) is 27.2 Å². The number of pyridine rings is 1. The Morgan fingerprint density at radius 2 is 2.00 bits per heavy atom. The Kier molecular flexibility index (Phi) is 5.85. The van der Waals surface area contributed by atoms with Crippen molar-refractivity contribution in [1.82, 2.24) is 4.98 Å². The average Bonchev–Trinajstić information content (AvgIpc) is 2.64. The van der Waals surface area contributed by atoms with Gasteiger partial charge in [-0.15, -0.1) is 0 Å². The van der Waals surface area contributed by atoms with E-state index in [2.05, 4.69) is 39.4 Å². The maximum Gasteiger partial charge on any atom is 0.308 e. The number of rotatable bonds is 2. The molecule has 1 aliphatic rings. The first-order valence-corrected chi connectivity index (χ1v) is 9.56. The minimum Gasteiger partial charge on any atom is -0.484 e. The molecule has 0 bridgehead atoms. The van der Waals surface area contributed by atoms with Crippen LogP contribution in [0, 0.1) is 35.1 Å². The van der Waals surface area contributed by atoms with Gasteiger partial charge in [-0.05, 0) is 65.6 Å². The lowest BCUT2D eigenvalue weighted by Gasteiger charge is -2.25. The summed E-state index contributed by atoms with van der Waals surface area (Å²) in [4.78, 5) is 18.3. The van der Waals surface area contributed by atoms with Crippen LogP contribution in [-0.4, -0.2) is 24.1 Å². The highest BCUT2D eigenvalue weighted by Gasteiger charge is 2.27. The molecule has 140 valence electrons. The molecule has 27 heavy (non-hydrogen) atoms. The largest absolute Gasteiger partial charge is 0.484 e. The summed E-state index contributed by atoms with van der Waals surface area (Å²) in [6.45, 7) is 6.27. The minimum absolute atomic E-state index is 0.154. The van der Waals surface area contributed by atoms with E-state index in [9.17, 15) is 9.18 Å². The quantitative estimate of drug-likeness (QED) is 0.476.